The third kappa shape index (κ3) is 4.88. The number of hydrogen-bond donors (Lipinski definition) is 2. The van der Waals surface area contributed by atoms with Gasteiger partial charge in [-0.1, -0.05) is 42.5 Å². The van der Waals surface area contributed by atoms with E-state index < -0.39 is 6.10 Å². The van der Waals surface area contributed by atoms with Crippen molar-refractivity contribution in [2.24, 2.45) is 0 Å². The van der Waals surface area contributed by atoms with E-state index in [9.17, 15) is 9.90 Å². The number of esters is 1. The molecule has 146 valence electrons. The third-order valence-electron chi connectivity index (χ3n) is 4.56. The van der Waals surface area contributed by atoms with E-state index in [1.54, 1.807) is 19.1 Å². The first-order chi connectivity index (χ1) is 13.6. The smallest absolute Gasteiger partial charge is 0.338 e. The van der Waals surface area contributed by atoms with Crippen LogP contribution in [0, 0.1) is 0 Å². The Morgan fingerprint density at radius 2 is 1.79 bits per heavy atom. The molecule has 0 radical (unpaired) electrons. The first kappa shape index (κ1) is 19.9. The lowest BCUT2D eigenvalue weighted by molar-refractivity contribution is 0.0526. The Balaban J connectivity index is 1.59. The molecule has 5 heteroatoms. The second-order valence-electron chi connectivity index (χ2n) is 6.59. The molecule has 0 spiro atoms. The highest BCUT2D eigenvalue weighted by Crippen LogP contribution is 2.23. The van der Waals surface area contributed by atoms with Crippen LogP contribution in [0.25, 0.3) is 11.3 Å². The van der Waals surface area contributed by atoms with Crippen molar-refractivity contribution in [3.05, 3.63) is 83.6 Å². The van der Waals surface area contributed by atoms with Gasteiger partial charge in [0.25, 0.3) is 0 Å². The van der Waals surface area contributed by atoms with E-state index in [1.165, 1.54) is 0 Å². The van der Waals surface area contributed by atoms with E-state index in [1.807, 2.05) is 61.5 Å². The van der Waals surface area contributed by atoms with Crippen molar-refractivity contribution in [3.8, 4) is 11.3 Å². The molecule has 1 heterocycles. The lowest BCUT2D eigenvalue weighted by atomic mass is 10.0. The first-order valence-corrected chi connectivity index (χ1v) is 9.41. The molecule has 0 fully saturated rings. The average Bonchev–Trinajstić information content (AvgIpc) is 3.21. The summed E-state index contributed by atoms with van der Waals surface area (Å²) in [5.41, 5.74) is 2.28. The van der Waals surface area contributed by atoms with Crippen LogP contribution in [0.5, 0.6) is 0 Å². The molecule has 3 aromatic rings. The van der Waals surface area contributed by atoms with Crippen molar-refractivity contribution in [3.63, 3.8) is 0 Å². The highest BCUT2D eigenvalue weighted by atomic mass is 16.5. The fraction of sp³-hybridized carbons (Fsp3) is 0.261. The Morgan fingerprint density at radius 3 is 2.46 bits per heavy atom. The van der Waals surface area contributed by atoms with Crippen LogP contribution in [0.2, 0.25) is 0 Å². The standard InChI is InChI=1S/C23H25NO4/c1-3-27-23(26)19-11-9-17(10-12-19)21-14-13-20(28-21)15-24-16(2)22(25)18-7-5-4-6-8-18/h4-14,16,22,24-25H,3,15H2,1-2H3/t16-,22+/m1/s1. The topological polar surface area (TPSA) is 71.7 Å². The van der Waals surface area contributed by atoms with Gasteiger partial charge in [-0.05, 0) is 43.7 Å². The number of nitrogens with one attached hydrogen (secondary N) is 1. The summed E-state index contributed by atoms with van der Waals surface area (Å²) in [6, 6.07) is 20.4. The highest BCUT2D eigenvalue weighted by molar-refractivity contribution is 5.89. The van der Waals surface area contributed by atoms with Crippen molar-refractivity contribution < 1.29 is 19.1 Å². The van der Waals surface area contributed by atoms with Gasteiger partial charge < -0.3 is 19.6 Å². The summed E-state index contributed by atoms with van der Waals surface area (Å²) in [6.45, 7) is 4.58. The van der Waals surface area contributed by atoms with Crippen LogP contribution in [0.3, 0.4) is 0 Å². The molecule has 1 aromatic heterocycles. The Bertz CT molecular complexity index is 886. The van der Waals surface area contributed by atoms with Gasteiger partial charge in [0.05, 0.1) is 24.8 Å². The van der Waals surface area contributed by atoms with E-state index in [2.05, 4.69) is 5.32 Å². The minimum Gasteiger partial charge on any atom is -0.462 e. The second kappa shape index (κ2) is 9.35. The zero-order valence-corrected chi connectivity index (χ0v) is 16.1. The fourth-order valence-corrected chi connectivity index (χ4v) is 2.93. The predicted octanol–water partition coefficient (Wildman–Crippen LogP) is 4.34. The normalized spacial score (nSPS) is 13.1. The fourth-order valence-electron chi connectivity index (χ4n) is 2.93. The highest BCUT2D eigenvalue weighted by Gasteiger charge is 2.16. The molecule has 0 unspecified atom stereocenters. The largest absolute Gasteiger partial charge is 0.462 e. The molecule has 5 nitrogen and oxygen atoms in total. The van der Waals surface area contributed by atoms with E-state index >= 15 is 0 Å². The number of aliphatic hydroxyl groups is 1. The first-order valence-electron chi connectivity index (χ1n) is 9.41. The summed E-state index contributed by atoms with van der Waals surface area (Å²) in [5, 5.41) is 13.7. The number of furan rings is 1. The molecule has 2 N–H and O–H groups in total. The number of carbonyl (C=O) groups is 1. The zero-order valence-electron chi connectivity index (χ0n) is 16.1. The number of carbonyl (C=O) groups excluding carboxylic acids is 1. The molecule has 28 heavy (non-hydrogen) atoms. The Morgan fingerprint density at radius 1 is 1.07 bits per heavy atom. The van der Waals surface area contributed by atoms with Crippen LogP contribution in [0.1, 0.15) is 41.6 Å². The molecule has 3 rings (SSSR count). The minimum absolute atomic E-state index is 0.125. The molecule has 0 bridgehead atoms. The molecule has 2 atom stereocenters. The second-order valence-corrected chi connectivity index (χ2v) is 6.59. The van der Waals surface area contributed by atoms with Gasteiger partial charge in [-0.15, -0.1) is 0 Å². The van der Waals surface area contributed by atoms with Crippen LogP contribution in [-0.4, -0.2) is 23.7 Å². The lowest BCUT2D eigenvalue weighted by Crippen LogP contribution is -2.31. The average molecular weight is 379 g/mol. The zero-order chi connectivity index (χ0) is 19.9. The van der Waals surface area contributed by atoms with Crippen LogP contribution >= 0.6 is 0 Å². The summed E-state index contributed by atoms with van der Waals surface area (Å²) in [5.74, 6) is 1.17. The van der Waals surface area contributed by atoms with Gasteiger partial charge in [0.1, 0.15) is 11.5 Å². The van der Waals surface area contributed by atoms with Gasteiger partial charge in [-0.3, -0.25) is 0 Å². The van der Waals surface area contributed by atoms with Gasteiger partial charge in [0.2, 0.25) is 0 Å². The van der Waals surface area contributed by atoms with Crippen LogP contribution in [0.4, 0.5) is 0 Å². The van der Waals surface area contributed by atoms with E-state index in [0.29, 0.717) is 18.7 Å². The predicted molar refractivity (Wildman–Crippen MR) is 108 cm³/mol. The van der Waals surface area contributed by atoms with Gasteiger partial charge >= 0.3 is 5.97 Å². The number of rotatable bonds is 8. The molecular formula is C23H25NO4. The number of hydrogen-bond acceptors (Lipinski definition) is 5. The monoisotopic (exact) mass is 379 g/mol. The molecule has 2 aromatic carbocycles. The van der Waals surface area contributed by atoms with Gasteiger partial charge in [-0.2, -0.15) is 0 Å². The summed E-state index contributed by atoms with van der Waals surface area (Å²) >= 11 is 0. The SMILES string of the molecule is CCOC(=O)c1ccc(-c2ccc(CN[C@H](C)[C@H](O)c3ccccc3)o2)cc1. The Kier molecular flexibility index (Phi) is 6.63. The molecule has 0 saturated carbocycles. The van der Waals surface area contributed by atoms with E-state index in [4.69, 9.17) is 9.15 Å². The van der Waals surface area contributed by atoms with Crippen molar-refractivity contribution in [1.82, 2.24) is 5.32 Å². The maximum atomic E-state index is 11.7. The summed E-state index contributed by atoms with van der Waals surface area (Å²) < 4.78 is 10.9. The Hall–Kier alpha value is -2.89. The van der Waals surface area contributed by atoms with Crippen molar-refractivity contribution >= 4 is 5.97 Å². The number of benzene rings is 2. The van der Waals surface area contributed by atoms with Gasteiger partial charge in [0.15, 0.2) is 0 Å². The molecular weight excluding hydrogens is 354 g/mol. The van der Waals surface area contributed by atoms with Gasteiger partial charge in [-0.25, -0.2) is 4.79 Å². The lowest BCUT2D eigenvalue weighted by Gasteiger charge is -2.20. The number of aliphatic hydroxyl groups excluding tert-OH is 1. The van der Waals surface area contributed by atoms with Gasteiger partial charge in [0, 0.05) is 11.6 Å². The molecule has 0 amide bonds. The van der Waals surface area contributed by atoms with Crippen LogP contribution < -0.4 is 5.32 Å². The molecule has 0 aliphatic carbocycles. The van der Waals surface area contributed by atoms with E-state index in [0.717, 1.165) is 22.6 Å². The third-order valence-corrected chi connectivity index (χ3v) is 4.56. The summed E-state index contributed by atoms with van der Waals surface area (Å²) in [6.07, 6.45) is -0.592. The minimum atomic E-state index is -0.592. The summed E-state index contributed by atoms with van der Waals surface area (Å²) in [7, 11) is 0. The van der Waals surface area contributed by atoms with Crippen LogP contribution in [-0.2, 0) is 11.3 Å². The molecule has 0 aliphatic rings. The maximum Gasteiger partial charge on any atom is 0.338 e. The van der Waals surface area contributed by atoms with Crippen molar-refractivity contribution in [2.45, 2.75) is 32.5 Å². The van der Waals surface area contributed by atoms with Crippen molar-refractivity contribution in [2.75, 3.05) is 6.61 Å². The number of ether oxygens (including phenoxy) is 1. The van der Waals surface area contributed by atoms with E-state index in [-0.39, 0.29) is 12.0 Å². The van der Waals surface area contributed by atoms with Crippen molar-refractivity contribution in [1.29, 1.82) is 0 Å². The molecule has 0 saturated heterocycles. The quantitative estimate of drug-likeness (QED) is 0.570. The molecule has 0 aliphatic heterocycles. The van der Waals surface area contributed by atoms with Crippen LogP contribution in [0.15, 0.2) is 71.1 Å². The maximum absolute atomic E-state index is 11.7. The summed E-state index contributed by atoms with van der Waals surface area (Å²) in [4.78, 5) is 11.7. The Labute approximate surface area is 165 Å².